The lowest BCUT2D eigenvalue weighted by molar-refractivity contribution is -0.151. The van der Waals surface area contributed by atoms with Gasteiger partial charge in [-0.05, 0) is 38.0 Å². The Bertz CT molecular complexity index is 429. The largest absolute Gasteiger partial charge is 0.378 e. The molecule has 3 atom stereocenters. The molecule has 2 amide bonds. The number of nitrogens with zero attached hydrogens (tertiary/aromatic N) is 2. The Morgan fingerprint density at radius 1 is 0.950 bits per heavy atom. The van der Waals surface area contributed by atoms with Gasteiger partial charge >= 0.3 is 0 Å². The summed E-state index contributed by atoms with van der Waals surface area (Å²) < 4.78 is 5.32. The van der Waals surface area contributed by atoms with Gasteiger partial charge in [0.05, 0.1) is 13.2 Å². The maximum Gasteiger partial charge on any atom is 0.245 e. The standard InChI is InChI=1S/C15H22N2O3/c18-14(10-1-2-10)17-12-4-3-11(9-12)13(17)15(19)16-5-7-20-8-6-16/h10-13H,1-9H2/t11-,12-,13+/m0/s1. The summed E-state index contributed by atoms with van der Waals surface area (Å²) in [5, 5.41) is 0. The Morgan fingerprint density at radius 2 is 1.70 bits per heavy atom. The summed E-state index contributed by atoms with van der Waals surface area (Å²) in [6.07, 6.45) is 5.28. The zero-order chi connectivity index (χ0) is 13.7. The fraction of sp³-hybridized carbons (Fsp3) is 0.867. The lowest BCUT2D eigenvalue weighted by Crippen LogP contribution is -2.56. The molecule has 5 heteroatoms. The van der Waals surface area contributed by atoms with Gasteiger partial charge in [0, 0.05) is 25.0 Å². The van der Waals surface area contributed by atoms with Crippen molar-refractivity contribution in [1.29, 1.82) is 0 Å². The number of amides is 2. The minimum Gasteiger partial charge on any atom is -0.378 e. The van der Waals surface area contributed by atoms with Crippen LogP contribution in [-0.4, -0.2) is 60.0 Å². The summed E-state index contributed by atoms with van der Waals surface area (Å²) in [5.41, 5.74) is 0. The molecule has 0 spiro atoms. The van der Waals surface area contributed by atoms with E-state index in [1.807, 2.05) is 9.80 Å². The second kappa shape index (κ2) is 4.72. The second-order valence-electron chi connectivity index (χ2n) is 6.63. The fourth-order valence-electron chi connectivity index (χ4n) is 4.13. The highest BCUT2D eigenvalue weighted by molar-refractivity contribution is 5.91. The van der Waals surface area contributed by atoms with Gasteiger partial charge in [0.15, 0.2) is 0 Å². The van der Waals surface area contributed by atoms with E-state index in [9.17, 15) is 9.59 Å². The molecule has 0 aromatic carbocycles. The van der Waals surface area contributed by atoms with Crippen molar-refractivity contribution in [2.75, 3.05) is 26.3 Å². The number of rotatable bonds is 2. The first kappa shape index (κ1) is 12.6. The van der Waals surface area contributed by atoms with Crippen LogP contribution in [0.2, 0.25) is 0 Å². The lowest BCUT2D eigenvalue weighted by Gasteiger charge is -2.38. The van der Waals surface area contributed by atoms with Crippen molar-refractivity contribution in [3.63, 3.8) is 0 Å². The molecule has 2 heterocycles. The van der Waals surface area contributed by atoms with Gasteiger partial charge in [-0.3, -0.25) is 9.59 Å². The van der Waals surface area contributed by atoms with Gasteiger partial charge in [0.25, 0.3) is 0 Å². The highest BCUT2D eigenvalue weighted by Crippen LogP contribution is 2.46. The van der Waals surface area contributed by atoms with Crippen molar-refractivity contribution in [2.24, 2.45) is 11.8 Å². The van der Waals surface area contributed by atoms with E-state index >= 15 is 0 Å². The predicted molar refractivity (Wildman–Crippen MR) is 71.9 cm³/mol. The van der Waals surface area contributed by atoms with Crippen LogP contribution < -0.4 is 0 Å². The van der Waals surface area contributed by atoms with Crippen molar-refractivity contribution in [1.82, 2.24) is 9.80 Å². The molecular formula is C15H22N2O3. The van der Waals surface area contributed by atoms with Crippen LogP contribution in [0.5, 0.6) is 0 Å². The zero-order valence-electron chi connectivity index (χ0n) is 11.8. The molecule has 2 saturated carbocycles. The molecule has 5 nitrogen and oxygen atoms in total. The number of carbonyl (C=O) groups is 2. The molecule has 2 bridgehead atoms. The molecule has 2 aliphatic carbocycles. The topological polar surface area (TPSA) is 49.9 Å². The van der Waals surface area contributed by atoms with E-state index in [1.54, 1.807) is 0 Å². The molecule has 0 radical (unpaired) electrons. The number of ether oxygens (including phenoxy) is 1. The third kappa shape index (κ3) is 1.94. The molecule has 2 saturated heterocycles. The van der Waals surface area contributed by atoms with Gasteiger partial charge in [-0.25, -0.2) is 0 Å². The van der Waals surface area contributed by atoms with Crippen LogP contribution in [-0.2, 0) is 14.3 Å². The van der Waals surface area contributed by atoms with Crippen LogP contribution in [0.15, 0.2) is 0 Å². The fourth-order valence-corrected chi connectivity index (χ4v) is 4.13. The van der Waals surface area contributed by atoms with E-state index in [-0.39, 0.29) is 23.8 Å². The number of likely N-dealkylation sites (tertiary alicyclic amines) is 1. The summed E-state index contributed by atoms with van der Waals surface area (Å²) >= 11 is 0. The maximum absolute atomic E-state index is 12.8. The van der Waals surface area contributed by atoms with Crippen LogP contribution in [0.25, 0.3) is 0 Å². The van der Waals surface area contributed by atoms with Crippen molar-refractivity contribution in [2.45, 2.75) is 44.2 Å². The molecule has 0 aromatic rings. The molecular weight excluding hydrogens is 256 g/mol. The van der Waals surface area contributed by atoms with E-state index in [0.717, 1.165) is 32.1 Å². The quantitative estimate of drug-likeness (QED) is 0.744. The first-order valence-electron chi connectivity index (χ1n) is 7.94. The van der Waals surface area contributed by atoms with Gasteiger partial charge in [-0.1, -0.05) is 0 Å². The normalized spacial score (nSPS) is 36.5. The van der Waals surface area contributed by atoms with E-state index in [1.165, 1.54) is 0 Å². The minimum atomic E-state index is -0.167. The smallest absolute Gasteiger partial charge is 0.245 e. The summed E-state index contributed by atoms with van der Waals surface area (Å²) in [4.78, 5) is 29.2. The average Bonchev–Trinajstić information content (AvgIpc) is 3.15. The summed E-state index contributed by atoms with van der Waals surface area (Å²) in [6.45, 7) is 2.61. The third-order valence-electron chi connectivity index (χ3n) is 5.34. The van der Waals surface area contributed by atoms with Crippen molar-refractivity contribution < 1.29 is 14.3 Å². The van der Waals surface area contributed by atoms with E-state index in [4.69, 9.17) is 4.74 Å². The second-order valence-corrected chi connectivity index (χ2v) is 6.63. The molecule has 2 aliphatic heterocycles. The Labute approximate surface area is 119 Å². The minimum absolute atomic E-state index is 0.167. The highest BCUT2D eigenvalue weighted by Gasteiger charge is 2.54. The predicted octanol–water partition coefficient (Wildman–Crippen LogP) is 0.635. The van der Waals surface area contributed by atoms with Gasteiger partial charge in [0.1, 0.15) is 6.04 Å². The summed E-state index contributed by atoms with van der Waals surface area (Å²) in [5.74, 6) is 1.05. The van der Waals surface area contributed by atoms with Crippen LogP contribution >= 0.6 is 0 Å². The Balaban J connectivity index is 1.54. The van der Waals surface area contributed by atoms with Crippen LogP contribution in [0.4, 0.5) is 0 Å². The molecule has 0 unspecified atom stereocenters. The van der Waals surface area contributed by atoms with E-state index in [0.29, 0.717) is 38.3 Å². The molecule has 4 aliphatic rings. The van der Waals surface area contributed by atoms with Gasteiger partial charge in [-0.2, -0.15) is 0 Å². The van der Waals surface area contributed by atoms with Crippen molar-refractivity contribution in [3.05, 3.63) is 0 Å². The molecule has 4 fully saturated rings. The molecule has 0 N–H and O–H groups in total. The van der Waals surface area contributed by atoms with Crippen LogP contribution in [0, 0.1) is 11.8 Å². The van der Waals surface area contributed by atoms with Gasteiger partial charge in [-0.15, -0.1) is 0 Å². The lowest BCUT2D eigenvalue weighted by atomic mass is 9.96. The van der Waals surface area contributed by atoms with Gasteiger partial charge in [0.2, 0.25) is 11.8 Å². The number of carbonyl (C=O) groups excluding carboxylic acids is 2. The Morgan fingerprint density at radius 3 is 2.40 bits per heavy atom. The SMILES string of the molecule is O=C([C@H]1[C@H]2CC[C@@H](C2)N1C(=O)C1CC1)N1CCOCC1. The Hall–Kier alpha value is -1.10. The maximum atomic E-state index is 12.8. The highest BCUT2D eigenvalue weighted by atomic mass is 16.5. The Kier molecular flexibility index (Phi) is 2.98. The number of fused-ring (bicyclic) bond motifs is 2. The summed E-state index contributed by atoms with van der Waals surface area (Å²) in [7, 11) is 0. The van der Waals surface area contributed by atoms with Crippen molar-refractivity contribution >= 4 is 11.8 Å². The number of hydrogen-bond donors (Lipinski definition) is 0. The molecule has 0 aromatic heterocycles. The first-order chi connectivity index (χ1) is 9.75. The van der Waals surface area contributed by atoms with Gasteiger partial charge < -0.3 is 14.5 Å². The van der Waals surface area contributed by atoms with E-state index < -0.39 is 0 Å². The first-order valence-corrected chi connectivity index (χ1v) is 7.94. The number of morpholine rings is 1. The number of hydrogen-bond acceptors (Lipinski definition) is 3. The third-order valence-corrected chi connectivity index (χ3v) is 5.34. The molecule has 110 valence electrons. The van der Waals surface area contributed by atoms with Crippen molar-refractivity contribution in [3.8, 4) is 0 Å². The molecule has 20 heavy (non-hydrogen) atoms. The zero-order valence-corrected chi connectivity index (χ0v) is 11.8. The van der Waals surface area contributed by atoms with E-state index in [2.05, 4.69) is 0 Å². The van der Waals surface area contributed by atoms with Crippen LogP contribution in [0.1, 0.15) is 32.1 Å². The monoisotopic (exact) mass is 278 g/mol. The summed E-state index contributed by atoms with van der Waals surface area (Å²) in [6, 6.07) is 0.169. The molecule has 4 rings (SSSR count). The average molecular weight is 278 g/mol. The number of piperidine rings is 1. The van der Waals surface area contributed by atoms with Crippen LogP contribution in [0.3, 0.4) is 0 Å².